The van der Waals surface area contributed by atoms with E-state index in [4.69, 9.17) is 10.5 Å². The molecule has 2 atom stereocenters. The van der Waals surface area contributed by atoms with Gasteiger partial charge in [-0.25, -0.2) is 4.98 Å². The van der Waals surface area contributed by atoms with Crippen molar-refractivity contribution in [2.24, 2.45) is 5.92 Å². The Morgan fingerprint density at radius 3 is 2.95 bits per heavy atom. The first-order valence-electron chi connectivity index (χ1n) is 8.23. The largest absolute Gasteiger partial charge is 0.472 e. The van der Waals surface area contributed by atoms with E-state index in [1.165, 1.54) is 18.4 Å². The molecule has 1 fully saturated rings. The maximum atomic E-state index is 6.13. The molecule has 3 N–H and O–H groups in total. The van der Waals surface area contributed by atoms with Crippen LogP contribution in [0.5, 0.6) is 5.88 Å². The fourth-order valence-corrected chi connectivity index (χ4v) is 3.65. The lowest BCUT2D eigenvalue weighted by Crippen LogP contribution is -2.36. The Bertz CT molecular complexity index is 719. The molecule has 3 aliphatic rings. The van der Waals surface area contributed by atoms with Crippen LogP contribution in [0.15, 0.2) is 12.2 Å². The molecule has 1 saturated heterocycles. The Kier molecular flexibility index (Phi) is 3.58. The van der Waals surface area contributed by atoms with E-state index in [2.05, 4.69) is 33.5 Å². The first-order valence-corrected chi connectivity index (χ1v) is 8.23. The Labute approximate surface area is 130 Å². The highest BCUT2D eigenvalue weighted by molar-refractivity contribution is 5.61. The van der Waals surface area contributed by atoms with Crippen LogP contribution >= 0.6 is 0 Å². The van der Waals surface area contributed by atoms with Crippen LogP contribution in [0, 0.1) is 5.92 Å². The molecule has 1 aromatic rings. The quantitative estimate of drug-likeness (QED) is 0.831. The number of hydrogen-bond acceptors (Lipinski definition) is 5. The topological polar surface area (TPSA) is 73.1 Å². The number of nitrogen functional groups attached to an aromatic ring is 1. The maximum Gasteiger partial charge on any atom is 0.226 e. The number of nitrogens with zero attached hydrogens (tertiary/aromatic N) is 2. The van der Waals surface area contributed by atoms with Gasteiger partial charge in [-0.05, 0) is 50.1 Å². The van der Waals surface area contributed by atoms with E-state index >= 15 is 0 Å². The molecule has 0 radical (unpaired) electrons. The summed E-state index contributed by atoms with van der Waals surface area (Å²) in [5.74, 6) is 1.54. The average molecular weight is 298 g/mol. The summed E-state index contributed by atoms with van der Waals surface area (Å²) in [5.41, 5.74) is 7.26. The van der Waals surface area contributed by atoms with Crippen LogP contribution in [0.25, 0.3) is 11.6 Å². The van der Waals surface area contributed by atoms with Crippen molar-refractivity contribution in [3.8, 4) is 5.88 Å². The number of nitrogens with one attached hydrogen (secondary N) is 1. The third kappa shape index (κ3) is 2.50. The maximum absolute atomic E-state index is 6.13. The minimum Gasteiger partial charge on any atom is -0.472 e. The second kappa shape index (κ2) is 5.72. The van der Waals surface area contributed by atoms with Crippen LogP contribution < -0.4 is 26.4 Å². The van der Waals surface area contributed by atoms with Crippen LogP contribution in [-0.2, 0) is 0 Å². The molecule has 0 saturated carbocycles. The molecule has 5 nitrogen and oxygen atoms in total. The fraction of sp³-hybridized carbons (Fsp3) is 0.529. The van der Waals surface area contributed by atoms with Crippen molar-refractivity contribution in [3.63, 3.8) is 0 Å². The lowest BCUT2D eigenvalue weighted by atomic mass is 9.86. The summed E-state index contributed by atoms with van der Waals surface area (Å²) in [6.45, 7) is 1.87. The van der Waals surface area contributed by atoms with E-state index in [0.717, 1.165) is 42.9 Å². The predicted molar refractivity (Wildman–Crippen MR) is 86.6 cm³/mol. The molecule has 0 aromatic carbocycles. The number of allylic oxidation sites excluding steroid dienone is 2. The standard InChI is InChI=1S/C17H22N4O/c18-17-20-15-13-6-2-1-4-11(13)5-3-7-14(15)16(21-17)22-12-8-9-19-10-12/h2,6-7,11-12,19H,1,3-5,8-10H2,(H2,18,20)/t11?,12-/m0/s1. The fourth-order valence-electron chi connectivity index (χ4n) is 3.65. The molecular weight excluding hydrogens is 276 g/mol. The summed E-state index contributed by atoms with van der Waals surface area (Å²) >= 11 is 0. The number of anilines is 1. The molecule has 116 valence electrons. The van der Waals surface area contributed by atoms with Crippen molar-refractivity contribution in [2.45, 2.75) is 38.2 Å². The molecule has 1 aliphatic heterocycles. The van der Waals surface area contributed by atoms with E-state index in [9.17, 15) is 0 Å². The summed E-state index contributed by atoms with van der Waals surface area (Å²) in [6, 6.07) is 0. The molecule has 4 rings (SSSR count). The summed E-state index contributed by atoms with van der Waals surface area (Å²) in [4.78, 5) is 8.92. The third-order valence-electron chi connectivity index (χ3n) is 4.78. The molecule has 0 spiro atoms. The van der Waals surface area contributed by atoms with E-state index in [-0.39, 0.29) is 6.10 Å². The van der Waals surface area contributed by atoms with Gasteiger partial charge in [0.15, 0.2) is 0 Å². The zero-order valence-electron chi connectivity index (χ0n) is 12.7. The SMILES string of the molecule is Nc1nc(O[C@H]2CCNC2)c2c(n1)=C1C=CCCC1CCC=2. The first-order chi connectivity index (χ1) is 10.8. The van der Waals surface area contributed by atoms with E-state index in [1.807, 2.05) is 0 Å². The lowest BCUT2D eigenvalue weighted by Gasteiger charge is -2.19. The lowest BCUT2D eigenvalue weighted by molar-refractivity contribution is 0.211. The highest BCUT2D eigenvalue weighted by Gasteiger charge is 2.22. The minimum absolute atomic E-state index is 0.178. The predicted octanol–water partition coefficient (Wildman–Crippen LogP) is 0.491. The minimum atomic E-state index is 0.178. The Hall–Kier alpha value is -1.88. The Balaban J connectivity index is 1.88. The Morgan fingerprint density at radius 2 is 2.09 bits per heavy atom. The van der Waals surface area contributed by atoms with Crippen molar-refractivity contribution in [1.82, 2.24) is 15.3 Å². The van der Waals surface area contributed by atoms with E-state index in [0.29, 0.717) is 17.7 Å². The summed E-state index contributed by atoms with van der Waals surface area (Å²) in [5, 5.41) is 5.33. The van der Waals surface area contributed by atoms with Crippen molar-refractivity contribution in [3.05, 3.63) is 22.7 Å². The second-order valence-electron chi connectivity index (χ2n) is 6.30. The van der Waals surface area contributed by atoms with Crippen LogP contribution in [0.4, 0.5) is 5.95 Å². The molecule has 1 aromatic heterocycles. The molecular formula is C17H22N4O. The van der Waals surface area contributed by atoms with Crippen molar-refractivity contribution < 1.29 is 4.74 Å². The van der Waals surface area contributed by atoms with Gasteiger partial charge < -0.3 is 15.8 Å². The van der Waals surface area contributed by atoms with Gasteiger partial charge in [0.2, 0.25) is 11.8 Å². The highest BCUT2D eigenvalue weighted by Crippen LogP contribution is 2.29. The van der Waals surface area contributed by atoms with Gasteiger partial charge in [0.25, 0.3) is 0 Å². The molecule has 22 heavy (non-hydrogen) atoms. The van der Waals surface area contributed by atoms with Gasteiger partial charge in [0.05, 0.1) is 10.6 Å². The average Bonchev–Trinajstić information content (AvgIpc) is 2.95. The van der Waals surface area contributed by atoms with E-state index in [1.54, 1.807) is 0 Å². The molecule has 0 amide bonds. The zero-order chi connectivity index (χ0) is 14.9. The highest BCUT2D eigenvalue weighted by atomic mass is 16.5. The van der Waals surface area contributed by atoms with Crippen molar-refractivity contribution in [2.75, 3.05) is 18.8 Å². The van der Waals surface area contributed by atoms with Crippen LogP contribution in [0.3, 0.4) is 0 Å². The molecule has 5 heteroatoms. The van der Waals surface area contributed by atoms with Gasteiger partial charge >= 0.3 is 0 Å². The summed E-state index contributed by atoms with van der Waals surface area (Å²) in [6.07, 6.45) is 12.4. The van der Waals surface area contributed by atoms with Gasteiger partial charge in [0.1, 0.15) is 6.10 Å². The van der Waals surface area contributed by atoms with Gasteiger partial charge in [-0.15, -0.1) is 0 Å². The second-order valence-corrected chi connectivity index (χ2v) is 6.30. The molecule has 1 unspecified atom stereocenters. The van der Waals surface area contributed by atoms with Gasteiger partial charge in [-0.3, -0.25) is 0 Å². The third-order valence-corrected chi connectivity index (χ3v) is 4.78. The number of nitrogens with two attached hydrogens (primary N) is 1. The molecule has 2 heterocycles. The number of aromatic nitrogens is 2. The van der Waals surface area contributed by atoms with E-state index < -0.39 is 0 Å². The van der Waals surface area contributed by atoms with Gasteiger partial charge in [0, 0.05) is 6.54 Å². The zero-order valence-corrected chi connectivity index (χ0v) is 12.7. The van der Waals surface area contributed by atoms with Crippen LogP contribution in [0.2, 0.25) is 0 Å². The van der Waals surface area contributed by atoms with Crippen LogP contribution in [-0.4, -0.2) is 29.2 Å². The number of ether oxygens (including phenoxy) is 1. The summed E-state index contributed by atoms with van der Waals surface area (Å²) < 4.78 is 6.13. The van der Waals surface area contributed by atoms with Crippen molar-refractivity contribution in [1.29, 1.82) is 0 Å². The molecule has 2 aliphatic carbocycles. The number of fused-ring (bicyclic) bond motifs is 2. The monoisotopic (exact) mass is 298 g/mol. The van der Waals surface area contributed by atoms with Crippen LogP contribution in [0.1, 0.15) is 32.1 Å². The number of hydrogen-bond donors (Lipinski definition) is 2. The smallest absolute Gasteiger partial charge is 0.226 e. The van der Waals surface area contributed by atoms with Crippen molar-refractivity contribution >= 4 is 17.6 Å². The molecule has 0 bridgehead atoms. The number of rotatable bonds is 2. The van der Waals surface area contributed by atoms with Gasteiger partial charge in [-0.2, -0.15) is 4.98 Å². The first kappa shape index (κ1) is 13.8. The Morgan fingerprint density at radius 1 is 1.18 bits per heavy atom. The van der Waals surface area contributed by atoms with Gasteiger partial charge in [-0.1, -0.05) is 18.2 Å². The summed E-state index contributed by atoms with van der Waals surface area (Å²) in [7, 11) is 0. The normalized spacial score (nSPS) is 26.8.